The molecule has 1 heterocycles. The third-order valence-corrected chi connectivity index (χ3v) is 4.35. The van der Waals surface area contributed by atoms with Gasteiger partial charge in [-0.15, -0.1) is 21.5 Å². The lowest BCUT2D eigenvalue weighted by Gasteiger charge is -2.18. The van der Waals surface area contributed by atoms with Gasteiger partial charge in [0, 0.05) is 18.9 Å². The van der Waals surface area contributed by atoms with Crippen LogP contribution < -0.4 is 5.32 Å². The van der Waals surface area contributed by atoms with E-state index in [9.17, 15) is 0 Å². The summed E-state index contributed by atoms with van der Waals surface area (Å²) >= 11 is 1.83. The third-order valence-electron chi connectivity index (χ3n) is 3.20. The Morgan fingerprint density at radius 3 is 2.81 bits per heavy atom. The van der Waals surface area contributed by atoms with Crippen molar-refractivity contribution in [2.24, 2.45) is 0 Å². The molecule has 1 fully saturated rings. The zero-order chi connectivity index (χ0) is 11.2. The minimum absolute atomic E-state index is 0.708. The van der Waals surface area contributed by atoms with Crippen LogP contribution in [0.2, 0.25) is 0 Å². The van der Waals surface area contributed by atoms with Crippen molar-refractivity contribution < 1.29 is 0 Å². The van der Waals surface area contributed by atoms with Crippen molar-refractivity contribution in [2.45, 2.75) is 51.4 Å². The minimum atomic E-state index is 0.708. The molecule has 0 aliphatic heterocycles. The highest BCUT2D eigenvalue weighted by molar-refractivity contribution is 7.11. The van der Waals surface area contributed by atoms with E-state index in [1.165, 1.54) is 42.1 Å². The van der Waals surface area contributed by atoms with Crippen LogP contribution in [0.4, 0.5) is 0 Å². The first-order valence-electron chi connectivity index (χ1n) is 6.43. The molecule has 3 nitrogen and oxygen atoms in total. The number of nitrogens with one attached hydrogen (secondary N) is 1. The molecule has 1 aliphatic carbocycles. The molecule has 0 aromatic carbocycles. The fourth-order valence-corrected chi connectivity index (χ4v) is 3.27. The quantitative estimate of drug-likeness (QED) is 0.803. The lowest BCUT2D eigenvalue weighted by Crippen LogP contribution is -2.15. The molecule has 1 aromatic heterocycles. The summed E-state index contributed by atoms with van der Waals surface area (Å²) in [5.41, 5.74) is 0. The van der Waals surface area contributed by atoms with Gasteiger partial charge in [0.05, 0.1) is 0 Å². The summed E-state index contributed by atoms with van der Waals surface area (Å²) in [4.78, 5) is 0. The molecule has 16 heavy (non-hydrogen) atoms. The molecule has 0 unspecified atom stereocenters. The molecule has 1 aromatic rings. The molecule has 0 atom stereocenters. The van der Waals surface area contributed by atoms with Crippen LogP contribution in [0.15, 0.2) is 0 Å². The molecular formula is C12H21N3S. The molecule has 1 N–H and O–H groups in total. The van der Waals surface area contributed by atoms with Crippen LogP contribution in [-0.4, -0.2) is 23.3 Å². The molecular weight excluding hydrogens is 218 g/mol. The van der Waals surface area contributed by atoms with Gasteiger partial charge in [0.1, 0.15) is 10.0 Å². The summed E-state index contributed by atoms with van der Waals surface area (Å²) in [5.74, 6) is 0.708. The topological polar surface area (TPSA) is 37.8 Å². The van der Waals surface area contributed by atoms with Crippen molar-refractivity contribution in [2.75, 3.05) is 13.1 Å². The number of likely N-dealkylation sites (N-methyl/N-ethyl adjacent to an activating group) is 1. The van der Waals surface area contributed by atoms with Crippen LogP contribution in [0, 0.1) is 0 Å². The summed E-state index contributed by atoms with van der Waals surface area (Å²) in [6, 6.07) is 0. The molecule has 0 spiro atoms. The smallest absolute Gasteiger partial charge is 0.120 e. The van der Waals surface area contributed by atoms with E-state index >= 15 is 0 Å². The van der Waals surface area contributed by atoms with E-state index in [1.807, 2.05) is 11.3 Å². The summed E-state index contributed by atoms with van der Waals surface area (Å²) < 4.78 is 0. The molecule has 0 bridgehead atoms. The predicted molar refractivity (Wildman–Crippen MR) is 68.0 cm³/mol. The van der Waals surface area contributed by atoms with Crippen LogP contribution >= 0.6 is 11.3 Å². The van der Waals surface area contributed by atoms with Gasteiger partial charge in [-0.2, -0.15) is 0 Å². The highest BCUT2D eigenvalue weighted by Gasteiger charge is 2.19. The van der Waals surface area contributed by atoms with E-state index in [0.717, 1.165) is 19.5 Å². The lowest BCUT2D eigenvalue weighted by atomic mass is 9.90. The van der Waals surface area contributed by atoms with E-state index in [4.69, 9.17) is 0 Å². The first-order valence-corrected chi connectivity index (χ1v) is 7.24. The maximum atomic E-state index is 4.36. The monoisotopic (exact) mass is 239 g/mol. The molecule has 4 heteroatoms. The van der Waals surface area contributed by atoms with Crippen molar-refractivity contribution in [3.63, 3.8) is 0 Å². The average Bonchev–Trinajstić information content (AvgIpc) is 2.79. The summed E-state index contributed by atoms with van der Waals surface area (Å²) in [6.45, 7) is 4.19. The van der Waals surface area contributed by atoms with Crippen LogP contribution in [0.25, 0.3) is 0 Å². The number of hydrogen-bond donors (Lipinski definition) is 1. The van der Waals surface area contributed by atoms with E-state index in [2.05, 4.69) is 22.4 Å². The molecule has 0 radical (unpaired) electrons. The van der Waals surface area contributed by atoms with E-state index in [0.29, 0.717) is 5.92 Å². The Morgan fingerprint density at radius 2 is 2.06 bits per heavy atom. The second kappa shape index (κ2) is 6.30. The number of rotatable bonds is 5. The Hall–Kier alpha value is -0.480. The predicted octanol–water partition coefficient (Wildman–Crippen LogP) is 2.74. The Morgan fingerprint density at radius 1 is 1.25 bits per heavy atom. The Bertz CT molecular complexity index is 305. The number of hydrogen-bond acceptors (Lipinski definition) is 4. The Balaban J connectivity index is 1.85. The number of nitrogens with zero attached hydrogens (tertiary/aromatic N) is 2. The van der Waals surface area contributed by atoms with Gasteiger partial charge in [0.15, 0.2) is 0 Å². The number of aromatic nitrogens is 2. The van der Waals surface area contributed by atoms with E-state index < -0.39 is 0 Å². The first kappa shape index (κ1) is 12.0. The van der Waals surface area contributed by atoms with Gasteiger partial charge < -0.3 is 5.32 Å². The van der Waals surface area contributed by atoms with Crippen molar-refractivity contribution in [3.05, 3.63) is 10.0 Å². The Labute approximate surface area is 102 Å². The largest absolute Gasteiger partial charge is 0.317 e. The molecule has 1 aliphatic rings. The molecule has 2 rings (SSSR count). The SMILES string of the molecule is CCNCCc1nnc(C2CCCCC2)s1. The fourth-order valence-electron chi connectivity index (χ4n) is 2.25. The second-order valence-corrected chi connectivity index (χ2v) is 5.57. The van der Waals surface area contributed by atoms with Crippen molar-refractivity contribution in [3.8, 4) is 0 Å². The molecule has 0 amide bonds. The molecule has 90 valence electrons. The van der Waals surface area contributed by atoms with Gasteiger partial charge in [0.2, 0.25) is 0 Å². The van der Waals surface area contributed by atoms with Crippen LogP contribution in [-0.2, 0) is 6.42 Å². The average molecular weight is 239 g/mol. The van der Waals surface area contributed by atoms with E-state index in [-0.39, 0.29) is 0 Å². The van der Waals surface area contributed by atoms with Gasteiger partial charge in [-0.05, 0) is 19.4 Å². The van der Waals surface area contributed by atoms with Gasteiger partial charge in [-0.1, -0.05) is 26.2 Å². The highest BCUT2D eigenvalue weighted by atomic mass is 32.1. The maximum Gasteiger partial charge on any atom is 0.120 e. The Kier molecular flexibility index (Phi) is 4.72. The summed E-state index contributed by atoms with van der Waals surface area (Å²) in [5, 5.41) is 14.5. The fraction of sp³-hybridized carbons (Fsp3) is 0.833. The maximum absolute atomic E-state index is 4.36. The van der Waals surface area contributed by atoms with Crippen molar-refractivity contribution in [1.29, 1.82) is 0 Å². The third kappa shape index (κ3) is 3.25. The van der Waals surface area contributed by atoms with E-state index in [1.54, 1.807) is 0 Å². The van der Waals surface area contributed by atoms with Crippen molar-refractivity contribution >= 4 is 11.3 Å². The van der Waals surface area contributed by atoms with Gasteiger partial charge in [-0.3, -0.25) is 0 Å². The summed E-state index contributed by atoms with van der Waals surface area (Å²) in [7, 11) is 0. The minimum Gasteiger partial charge on any atom is -0.317 e. The zero-order valence-electron chi connectivity index (χ0n) is 10.0. The van der Waals surface area contributed by atoms with Crippen molar-refractivity contribution in [1.82, 2.24) is 15.5 Å². The van der Waals surface area contributed by atoms with Crippen LogP contribution in [0.3, 0.4) is 0 Å². The van der Waals surface area contributed by atoms with Gasteiger partial charge >= 0.3 is 0 Å². The van der Waals surface area contributed by atoms with Crippen LogP contribution in [0.5, 0.6) is 0 Å². The first-order chi connectivity index (χ1) is 7.90. The highest BCUT2D eigenvalue weighted by Crippen LogP contribution is 2.33. The summed E-state index contributed by atoms with van der Waals surface area (Å²) in [6.07, 6.45) is 7.82. The lowest BCUT2D eigenvalue weighted by molar-refractivity contribution is 0.440. The zero-order valence-corrected chi connectivity index (χ0v) is 10.9. The normalized spacial score (nSPS) is 17.8. The molecule has 0 saturated heterocycles. The second-order valence-electron chi connectivity index (χ2n) is 4.47. The van der Waals surface area contributed by atoms with Crippen LogP contribution in [0.1, 0.15) is 55.0 Å². The van der Waals surface area contributed by atoms with Gasteiger partial charge in [-0.25, -0.2) is 0 Å². The molecule has 1 saturated carbocycles. The standard InChI is InChI=1S/C12H21N3S/c1-2-13-9-8-11-14-15-12(16-11)10-6-4-3-5-7-10/h10,13H,2-9H2,1H3. The van der Waals surface area contributed by atoms with Gasteiger partial charge in [0.25, 0.3) is 0 Å².